The molecule has 0 radical (unpaired) electrons. The highest BCUT2D eigenvalue weighted by Crippen LogP contribution is 2.42. The van der Waals surface area contributed by atoms with Gasteiger partial charge in [-0.2, -0.15) is 0 Å². The monoisotopic (exact) mass is 429 g/mol. The Labute approximate surface area is 177 Å². The predicted octanol–water partition coefficient (Wildman–Crippen LogP) is 3.35. The molecule has 1 N–H and O–H groups in total. The van der Waals surface area contributed by atoms with Gasteiger partial charge in [-0.25, -0.2) is 8.42 Å². The Morgan fingerprint density at radius 1 is 1.10 bits per heavy atom. The van der Waals surface area contributed by atoms with Crippen LogP contribution in [0.3, 0.4) is 0 Å². The number of amides is 1. The summed E-state index contributed by atoms with van der Waals surface area (Å²) in [6.07, 6.45) is 1.73. The summed E-state index contributed by atoms with van der Waals surface area (Å²) in [4.78, 5) is 13.5. The van der Waals surface area contributed by atoms with E-state index in [0.717, 1.165) is 5.56 Å². The van der Waals surface area contributed by atoms with Gasteiger partial charge < -0.3 is 14.8 Å². The topological polar surface area (TPSA) is 81.7 Å². The second-order valence-electron chi connectivity index (χ2n) is 8.18. The lowest BCUT2D eigenvalue weighted by atomic mass is 10.1. The molecule has 0 aromatic heterocycles. The lowest BCUT2D eigenvalue weighted by molar-refractivity contribution is -0.124. The largest absolute Gasteiger partial charge is 0.486 e. The Bertz CT molecular complexity index is 1060. The minimum Gasteiger partial charge on any atom is -0.486 e. The van der Waals surface area contributed by atoms with Crippen LogP contribution in [0.15, 0.2) is 47.4 Å². The zero-order valence-electron chi connectivity index (χ0n) is 17.3. The number of sulfone groups is 1. The fourth-order valence-corrected chi connectivity index (χ4v) is 6.70. The zero-order valence-corrected chi connectivity index (χ0v) is 18.1. The maximum atomic E-state index is 13.7. The number of carbonyl (C=O) groups excluding carboxylic acids is 1. The van der Waals surface area contributed by atoms with Crippen LogP contribution in [0.2, 0.25) is 0 Å². The molecule has 2 aliphatic rings. The van der Waals surface area contributed by atoms with Gasteiger partial charge in [0.05, 0.1) is 11.4 Å². The van der Waals surface area contributed by atoms with E-state index in [4.69, 9.17) is 9.47 Å². The summed E-state index contributed by atoms with van der Waals surface area (Å²) in [5.74, 6) is 0.856. The molecule has 1 fully saturated rings. The molecule has 0 saturated heterocycles. The van der Waals surface area contributed by atoms with Crippen molar-refractivity contribution in [1.82, 2.24) is 5.32 Å². The fraction of sp³-hybridized carbons (Fsp3) is 0.435. The van der Waals surface area contributed by atoms with E-state index in [-0.39, 0.29) is 17.5 Å². The first-order valence-electron chi connectivity index (χ1n) is 10.3. The van der Waals surface area contributed by atoms with Crippen molar-refractivity contribution in [2.45, 2.75) is 55.3 Å². The van der Waals surface area contributed by atoms with Crippen LogP contribution in [0.4, 0.5) is 0 Å². The fourth-order valence-electron chi connectivity index (χ4n) is 4.30. The smallest absolute Gasteiger partial charge is 0.241 e. The van der Waals surface area contributed by atoms with E-state index >= 15 is 0 Å². The van der Waals surface area contributed by atoms with E-state index < -0.39 is 20.5 Å². The third-order valence-corrected chi connectivity index (χ3v) is 8.67. The molecule has 7 heteroatoms. The van der Waals surface area contributed by atoms with E-state index in [0.29, 0.717) is 49.4 Å². The van der Waals surface area contributed by atoms with Crippen molar-refractivity contribution in [2.75, 3.05) is 13.2 Å². The Hall–Kier alpha value is -2.54. The van der Waals surface area contributed by atoms with E-state index in [1.165, 1.54) is 0 Å². The Morgan fingerprint density at radius 3 is 2.53 bits per heavy atom. The number of fused-ring (bicyclic) bond motifs is 1. The minimum atomic E-state index is -3.84. The summed E-state index contributed by atoms with van der Waals surface area (Å²) < 4.78 is 37.5. The number of rotatable bonds is 5. The molecule has 2 aromatic rings. The van der Waals surface area contributed by atoms with Crippen molar-refractivity contribution < 1.29 is 22.7 Å². The number of benzene rings is 2. The first-order valence-corrected chi connectivity index (χ1v) is 11.8. The van der Waals surface area contributed by atoms with Gasteiger partial charge in [-0.3, -0.25) is 4.79 Å². The molecule has 4 rings (SSSR count). The van der Waals surface area contributed by atoms with Gasteiger partial charge in [0.1, 0.15) is 12.7 Å². The van der Waals surface area contributed by atoms with Gasteiger partial charge in [-0.05, 0) is 56.0 Å². The zero-order chi connectivity index (χ0) is 21.4. The van der Waals surface area contributed by atoms with Gasteiger partial charge in [0, 0.05) is 0 Å². The lowest BCUT2D eigenvalue weighted by Gasteiger charge is -2.31. The standard InChI is InChI=1S/C23H27NO5S/c1-16-9-10-17(2)21(13-16)30(26,27)23(11-5-6-12-23)22(25)24-14-18-15-28-19-7-3-4-8-20(19)29-18/h3-4,7-10,13,18H,5-6,11-12,14-15H2,1-2H3,(H,24,25)/t18-/m0/s1. The van der Waals surface area contributed by atoms with Crippen LogP contribution in [-0.4, -0.2) is 38.3 Å². The van der Waals surface area contributed by atoms with Crippen molar-refractivity contribution >= 4 is 15.7 Å². The van der Waals surface area contributed by atoms with Crippen molar-refractivity contribution in [3.63, 3.8) is 0 Å². The molecule has 0 unspecified atom stereocenters. The minimum absolute atomic E-state index is 0.192. The normalized spacial score (nSPS) is 20.0. The molecule has 2 aromatic carbocycles. The molecule has 6 nitrogen and oxygen atoms in total. The predicted molar refractivity (Wildman–Crippen MR) is 114 cm³/mol. The summed E-state index contributed by atoms with van der Waals surface area (Å²) in [6.45, 7) is 4.13. The van der Waals surface area contributed by atoms with Gasteiger partial charge >= 0.3 is 0 Å². The second-order valence-corrected chi connectivity index (χ2v) is 10.4. The van der Waals surface area contributed by atoms with Gasteiger partial charge in [-0.15, -0.1) is 0 Å². The number of aryl methyl sites for hydroxylation is 2. The molecule has 30 heavy (non-hydrogen) atoms. The molecule has 1 saturated carbocycles. The number of nitrogens with one attached hydrogen (secondary N) is 1. The maximum absolute atomic E-state index is 13.7. The number of hydrogen-bond donors (Lipinski definition) is 1. The van der Waals surface area contributed by atoms with Crippen LogP contribution in [0.5, 0.6) is 11.5 Å². The molecular weight excluding hydrogens is 402 g/mol. The summed E-state index contributed by atoms with van der Waals surface area (Å²) in [7, 11) is -3.84. The number of hydrogen-bond acceptors (Lipinski definition) is 5. The Balaban J connectivity index is 1.54. The van der Waals surface area contributed by atoms with E-state index in [9.17, 15) is 13.2 Å². The quantitative estimate of drug-likeness (QED) is 0.788. The molecular formula is C23H27NO5S. The molecule has 1 atom stereocenters. The summed E-state index contributed by atoms with van der Waals surface area (Å²) in [6, 6.07) is 12.7. The number of para-hydroxylation sites is 2. The van der Waals surface area contributed by atoms with E-state index in [1.54, 1.807) is 19.1 Å². The van der Waals surface area contributed by atoms with Crippen molar-refractivity contribution in [3.05, 3.63) is 53.6 Å². The van der Waals surface area contributed by atoms with E-state index in [1.807, 2.05) is 37.3 Å². The van der Waals surface area contributed by atoms with E-state index in [2.05, 4.69) is 5.32 Å². The lowest BCUT2D eigenvalue weighted by Crippen LogP contribution is -2.53. The number of carbonyl (C=O) groups is 1. The molecule has 1 amide bonds. The maximum Gasteiger partial charge on any atom is 0.241 e. The van der Waals surface area contributed by atoms with Crippen LogP contribution in [-0.2, 0) is 14.6 Å². The van der Waals surface area contributed by atoms with Crippen LogP contribution in [0.1, 0.15) is 36.8 Å². The average Bonchev–Trinajstić information content (AvgIpc) is 3.25. The van der Waals surface area contributed by atoms with Gasteiger partial charge in [0.2, 0.25) is 5.91 Å². The molecule has 160 valence electrons. The third kappa shape index (κ3) is 3.55. The molecule has 0 spiro atoms. The summed E-state index contributed by atoms with van der Waals surface area (Å²) in [5.41, 5.74) is 1.53. The van der Waals surface area contributed by atoms with Crippen LogP contribution in [0.25, 0.3) is 0 Å². The first kappa shape index (κ1) is 20.7. The van der Waals surface area contributed by atoms with Crippen LogP contribution >= 0.6 is 0 Å². The Morgan fingerprint density at radius 2 is 1.80 bits per heavy atom. The van der Waals surface area contributed by atoms with Crippen molar-refractivity contribution in [2.24, 2.45) is 0 Å². The summed E-state index contributed by atoms with van der Waals surface area (Å²) in [5, 5.41) is 2.85. The van der Waals surface area contributed by atoms with Crippen molar-refractivity contribution in [1.29, 1.82) is 0 Å². The third-order valence-electron chi connectivity index (χ3n) is 6.03. The van der Waals surface area contributed by atoms with Gasteiger partial charge in [0.15, 0.2) is 26.1 Å². The van der Waals surface area contributed by atoms with Crippen LogP contribution < -0.4 is 14.8 Å². The Kier molecular flexibility index (Phi) is 5.49. The van der Waals surface area contributed by atoms with Gasteiger partial charge in [0.25, 0.3) is 0 Å². The molecule has 1 aliphatic heterocycles. The molecule has 1 heterocycles. The molecule has 1 aliphatic carbocycles. The number of ether oxygens (including phenoxy) is 2. The van der Waals surface area contributed by atoms with Crippen molar-refractivity contribution in [3.8, 4) is 11.5 Å². The first-order chi connectivity index (χ1) is 14.3. The molecule has 0 bridgehead atoms. The average molecular weight is 430 g/mol. The summed E-state index contributed by atoms with van der Waals surface area (Å²) >= 11 is 0. The highest BCUT2D eigenvalue weighted by atomic mass is 32.2. The highest BCUT2D eigenvalue weighted by molar-refractivity contribution is 7.93. The second kappa shape index (κ2) is 7.95. The highest BCUT2D eigenvalue weighted by Gasteiger charge is 2.53. The van der Waals surface area contributed by atoms with Gasteiger partial charge in [-0.1, -0.05) is 37.1 Å². The SMILES string of the molecule is Cc1ccc(C)c(S(=O)(=O)C2(C(=O)NC[C@H]3COc4ccccc4O3)CCCC2)c1. The van der Waals surface area contributed by atoms with Crippen LogP contribution in [0, 0.1) is 13.8 Å².